The minimum absolute atomic E-state index is 0.139. The summed E-state index contributed by atoms with van der Waals surface area (Å²) in [5.74, 6) is -3.98. The number of alkyl halides is 3. The SMILES string of the molecule is CC(C)(C)OC(=O)Cc1ccc2c(c1)N(S(=O)(=O)c1ccc(F)c(C(F)(F)F)c1)C[C@H](C(=O)O)O2. The van der Waals surface area contributed by atoms with Gasteiger partial charge >= 0.3 is 18.1 Å². The molecule has 1 aliphatic heterocycles. The van der Waals surface area contributed by atoms with Crippen molar-refractivity contribution in [1.29, 1.82) is 0 Å². The summed E-state index contributed by atoms with van der Waals surface area (Å²) in [6.45, 7) is 4.19. The lowest BCUT2D eigenvalue weighted by Crippen LogP contribution is -2.47. The molecule has 2 aromatic carbocycles. The van der Waals surface area contributed by atoms with E-state index in [-0.39, 0.29) is 29.5 Å². The largest absolute Gasteiger partial charge is 0.478 e. The number of fused-ring (bicyclic) bond motifs is 1. The Bertz CT molecular complexity index is 1270. The van der Waals surface area contributed by atoms with Gasteiger partial charge in [-0.1, -0.05) is 6.07 Å². The predicted molar refractivity (Wildman–Crippen MR) is 114 cm³/mol. The molecule has 2 aromatic rings. The molecule has 1 N–H and O–H groups in total. The van der Waals surface area contributed by atoms with Gasteiger partial charge in [0, 0.05) is 0 Å². The Hall–Kier alpha value is -3.35. The van der Waals surface area contributed by atoms with E-state index in [9.17, 15) is 40.7 Å². The van der Waals surface area contributed by atoms with Crippen LogP contribution in [-0.2, 0) is 36.9 Å². The molecule has 3 rings (SSSR count). The van der Waals surface area contributed by atoms with E-state index in [1.54, 1.807) is 20.8 Å². The second kappa shape index (κ2) is 9.02. The molecule has 0 amide bonds. The van der Waals surface area contributed by atoms with Crippen LogP contribution in [0.2, 0.25) is 0 Å². The molecule has 0 aliphatic carbocycles. The van der Waals surface area contributed by atoms with Gasteiger partial charge in [-0.3, -0.25) is 9.10 Å². The Morgan fingerprint density at radius 2 is 1.80 bits per heavy atom. The van der Waals surface area contributed by atoms with Gasteiger partial charge in [-0.15, -0.1) is 0 Å². The fourth-order valence-electron chi connectivity index (χ4n) is 3.32. The molecule has 13 heteroatoms. The fourth-order valence-corrected chi connectivity index (χ4v) is 4.81. The molecule has 190 valence electrons. The lowest BCUT2D eigenvalue weighted by Gasteiger charge is -2.34. The number of carbonyl (C=O) groups excluding carboxylic acids is 1. The van der Waals surface area contributed by atoms with Crippen molar-refractivity contribution >= 4 is 27.6 Å². The summed E-state index contributed by atoms with van der Waals surface area (Å²) < 4.78 is 91.0. The molecular formula is C22H21F4NO7S. The van der Waals surface area contributed by atoms with E-state index in [0.717, 1.165) is 0 Å². The van der Waals surface area contributed by atoms with Gasteiger partial charge < -0.3 is 14.6 Å². The third kappa shape index (κ3) is 5.84. The highest BCUT2D eigenvalue weighted by molar-refractivity contribution is 7.92. The predicted octanol–water partition coefficient (Wildman–Crippen LogP) is 3.77. The first-order valence-electron chi connectivity index (χ1n) is 10.1. The first-order valence-corrected chi connectivity index (χ1v) is 11.6. The molecule has 0 unspecified atom stereocenters. The van der Waals surface area contributed by atoms with Crippen LogP contribution in [0.5, 0.6) is 5.75 Å². The molecule has 0 saturated heterocycles. The normalized spacial score (nSPS) is 16.3. The number of carbonyl (C=O) groups is 2. The zero-order valence-corrected chi connectivity index (χ0v) is 19.5. The van der Waals surface area contributed by atoms with Crippen molar-refractivity contribution in [2.75, 3.05) is 10.8 Å². The van der Waals surface area contributed by atoms with Gasteiger partial charge in [-0.05, 0) is 56.7 Å². The van der Waals surface area contributed by atoms with E-state index in [2.05, 4.69) is 0 Å². The fraction of sp³-hybridized carbons (Fsp3) is 0.364. The summed E-state index contributed by atoms with van der Waals surface area (Å²) in [6.07, 6.45) is -7.10. The quantitative estimate of drug-likeness (QED) is 0.473. The standard InChI is InChI=1S/C22H21F4NO7S/c1-21(2,3)34-19(28)9-12-4-7-17-16(8-12)27(11-18(33-17)20(29)30)35(31,32)13-5-6-15(23)14(10-13)22(24,25)26/h4-8,10,18H,9,11H2,1-3H3,(H,29,30)/t18-/m1/s1. The Morgan fingerprint density at radius 1 is 1.14 bits per heavy atom. The molecule has 1 heterocycles. The van der Waals surface area contributed by atoms with Gasteiger partial charge in [-0.2, -0.15) is 13.2 Å². The van der Waals surface area contributed by atoms with E-state index in [0.29, 0.717) is 16.4 Å². The van der Waals surface area contributed by atoms with Gasteiger partial charge in [0.15, 0.2) is 0 Å². The number of sulfonamides is 1. The summed E-state index contributed by atoms with van der Waals surface area (Å²) >= 11 is 0. The van der Waals surface area contributed by atoms with Crippen LogP contribution in [0, 0.1) is 5.82 Å². The highest BCUT2D eigenvalue weighted by Gasteiger charge is 2.40. The van der Waals surface area contributed by atoms with E-state index in [4.69, 9.17) is 9.47 Å². The monoisotopic (exact) mass is 519 g/mol. The number of hydrogen-bond acceptors (Lipinski definition) is 6. The van der Waals surface area contributed by atoms with Crippen LogP contribution in [-0.4, -0.2) is 43.7 Å². The summed E-state index contributed by atoms with van der Waals surface area (Å²) in [5.41, 5.74) is -2.48. The van der Waals surface area contributed by atoms with E-state index >= 15 is 0 Å². The number of anilines is 1. The third-order valence-electron chi connectivity index (χ3n) is 4.77. The number of carboxylic acid groups (broad SMARTS) is 1. The average molecular weight is 519 g/mol. The van der Waals surface area contributed by atoms with Crippen LogP contribution >= 0.6 is 0 Å². The second-order valence-electron chi connectivity index (χ2n) is 8.69. The summed E-state index contributed by atoms with van der Waals surface area (Å²) in [4.78, 5) is 22.8. The van der Waals surface area contributed by atoms with Crippen LogP contribution in [0.1, 0.15) is 31.9 Å². The number of nitrogens with zero attached hydrogens (tertiary/aromatic N) is 1. The minimum atomic E-state index is -5.16. The molecule has 0 aromatic heterocycles. The van der Waals surface area contributed by atoms with Gasteiger partial charge in [-0.25, -0.2) is 17.6 Å². The zero-order valence-electron chi connectivity index (χ0n) is 18.7. The van der Waals surface area contributed by atoms with Crippen molar-refractivity contribution in [2.24, 2.45) is 0 Å². The van der Waals surface area contributed by atoms with Gasteiger partial charge in [0.2, 0.25) is 6.10 Å². The number of ether oxygens (including phenoxy) is 2. The molecule has 0 radical (unpaired) electrons. The zero-order chi connectivity index (χ0) is 26.3. The molecule has 1 aliphatic rings. The lowest BCUT2D eigenvalue weighted by atomic mass is 10.1. The molecule has 8 nitrogen and oxygen atoms in total. The molecule has 1 atom stereocenters. The maximum absolute atomic E-state index is 13.7. The molecule has 35 heavy (non-hydrogen) atoms. The van der Waals surface area contributed by atoms with Gasteiger partial charge in [0.1, 0.15) is 17.2 Å². The van der Waals surface area contributed by atoms with Crippen LogP contribution in [0.4, 0.5) is 23.2 Å². The number of esters is 1. The van der Waals surface area contributed by atoms with E-state index < -0.39 is 62.7 Å². The van der Waals surface area contributed by atoms with Crippen LogP contribution < -0.4 is 9.04 Å². The first kappa shape index (κ1) is 26.3. The van der Waals surface area contributed by atoms with Crippen LogP contribution in [0.25, 0.3) is 0 Å². The molecule has 0 saturated carbocycles. The van der Waals surface area contributed by atoms with Crippen molar-refractivity contribution in [3.63, 3.8) is 0 Å². The minimum Gasteiger partial charge on any atom is -0.478 e. The Labute approximate surface area is 198 Å². The second-order valence-corrected chi connectivity index (χ2v) is 10.5. The highest BCUT2D eigenvalue weighted by Crippen LogP contribution is 2.39. The highest BCUT2D eigenvalue weighted by atomic mass is 32.2. The van der Waals surface area contributed by atoms with E-state index in [1.807, 2.05) is 0 Å². The number of aliphatic carboxylic acids is 1. The molecule has 0 bridgehead atoms. The number of carboxylic acids is 1. The summed E-state index contributed by atoms with van der Waals surface area (Å²) in [6, 6.07) is 5.04. The topological polar surface area (TPSA) is 110 Å². The number of rotatable bonds is 5. The van der Waals surface area contributed by atoms with Crippen LogP contribution in [0.15, 0.2) is 41.3 Å². The first-order chi connectivity index (χ1) is 16.0. The van der Waals surface area contributed by atoms with Crippen molar-refractivity contribution in [1.82, 2.24) is 0 Å². The molecule has 0 fully saturated rings. The average Bonchev–Trinajstić information content (AvgIpc) is 2.70. The van der Waals surface area contributed by atoms with Gasteiger partial charge in [0.25, 0.3) is 10.0 Å². The number of hydrogen-bond donors (Lipinski definition) is 1. The smallest absolute Gasteiger partial charge is 0.419 e. The Kier molecular flexibility index (Phi) is 6.77. The Balaban J connectivity index is 2.08. The van der Waals surface area contributed by atoms with Crippen molar-refractivity contribution in [3.8, 4) is 5.75 Å². The maximum atomic E-state index is 13.7. The maximum Gasteiger partial charge on any atom is 0.419 e. The van der Waals surface area contributed by atoms with Crippen molar-refractivity contribution < 1.29 is 50.1 Å². The van der Waals surface area contributed by atoms with Crippen LogP contribution in [0.3, 0.4) is 0 Å². The van der Waals surface area contributed by atoms with Crippen molar-refractivity contribution in [2.45, 2.75) is 50.0 Å². The molecular weight excluding hydrogens is 498 g/mol. The van der Waals surface area contributed by atoms with Gasteiger partial charge in [0.05, 0.1) is 29.1 Å². The number of halogens is 4. The van der Waals surface area contributed by atoms with E-state index in [1.165, 1.54) is 18.2 Å². The lowest BCUT2D eigenvalue weighted by molar-refractivity contribution is -0.154. The number of benzene rings is 2. The Morgan fingerprint density at radius 3 is 2.37 bits per heavy atom. The van der Waals surface area contributed by atoms with Crippen molar-refractivity contribution in [3.05, 3.63) is 53.3 Å². The summed E-state index contributed by atoms with van der Waals surface area (Å²) in [5, 5.41) is 9.38. The third-order valence-corrected chi connectivity index (χ3v) is 6.54. The summed E-state index contributed by atoms with van der Waals surface area (Å²) in [7, 11) is -4.81. The molecule has 0 spiro atoms.